The lowest BCUT2D eigenvalue weighted by molar-refractivity contribution is 0.0553. The molecule has 1 atom stereocenters. The standard InChI is InChI=1S/C30H32N6O3/c1-4-39-30(37)32-23-10-11-24-25(17-23)36(29(20-8-6-5-7-9-20)21-12-14-38-15-13-21)26-16-22(18-31-27(24)26)28-19(2)33-34-35(28)3/h5-11,16-18,21,29H,4,12-15H2,1-3H3,(H,32,37). The van der Waals surface area contributed by atoms with Crippen LogP contribution in [0.2, 0.25) is 0 Å². The predicted molar refractivity (Wildman–Crippen MR) is 151 cm³/mol. The summed E-state index contributed by atoms with van der Waals surface area (Å²) in [6.45, 7) is 5.55. The second kappa shape index (κ2) is 10.5. The van der Waals surface area contributed by atoms with Gasteiger partial charge >= 0.3 is 6.09 Å². The highest BCUT2D eigenvalue weighted by molar-refractivity contribution is 6.08. The molecule has 39 heavy (non-hydrogen) atoms. The Morgan fingerprint density at radius 1 is 1.13 bits per heavy atom. The minimum atomic E-state index is -0.469. The molecule has 1 unspecified atom stereocenters. The van der Waals surface area contributed by atoms with Gasteiger partial charge in [-0.25, -0.2) is 9.48 Å². The molecule has 0 bridgehead atoms. The molecule has 1 aliphatic heterocycles. The van der Waals surface area contributed by atoms with E-state index in [0.29, 0.717) is 18.2 Å². The van der Waals surface area contributed by atoms with Crippen molar-refractivity contribution < 1.29 is 14.3 Å². The van der Waals surface area contributed by atoms with Gasteiger partial charge in [0.1, 0.15) is 0 Å². The van der Waals surface area contributed by atoms with Gasteiger partial charge in [0.25, 0.3) is 0 Å². The number of ether oxygens (including phenoxy) is 2. The molecule has 1 saturated heterocycles. The second-order valence-electron chi connectivity index (χ2n) is 9.99. The number of rotatable bonds is 6. The van der Waals surface area contributed by atoms with E-state index in [1.165, 1.54) is 5.56 Å². The molecule has 3 aromatic heterocycles. The van der Waals surface area contributed by atoms with E-state index in [2.05, 4.69) is 56.6 Å². The zero-order valence-electron chi connectivity index (χ0n) is 22.4. The van der Waals surface area contributed by atoms with E-state index in [1.807, 2.05) is 38.4 Å². The first-order chi connectivity index (χ1) is 19.0. The normalized spacial score (nSPS) is 15.1. The smallest absolute Gasteiger partial charge is 0.411 e. The summed E-state index contributed by atoms with van der Waals surface area (Å²) >= 11 is 0. The van der Waals surface area contributed by atoms with Gasteiger partial charge in [-0.1, -0.05) is 35.5 Å². The average Bonchev–Trinajstić information content (AvgIpc) is 3.45. The molecule has 1 amide bonds. The van der Waals surface area contributed by atoms with Crippen molar-refractivity contribution in [1.29, 1.82) is 0 Å². The van der Waals surface area contributed by atoms with E-state index in [-0.39, 0.29) is 6.04 Å². The van der Waals surface area contributed by atoms with Gasteiger partial charge in [-0.2, -0.15) is 0 Å². The number of amides is 1. The van der Waals surface area contributed by atoms with Crippen LogP contribution < -0.4 is 5.32 Å². The van der Waals surface area contributed by atoms with E-state index in [1.54, 1.807) is 11.6 Å². The topological polar surface area (TPSA) is 96.1 Å². The van der Waals surface area contributed by atoms with Gasteiger partial charge in [0.15, 0.2) is 0 Å². The largest absolute Gasteiger partial charge is 0.450 e. The number of nitrogens with one attached hydrogen (secondary N) is 1. The van der Waals surface area contributed by atoms with Gasteiger partial charge in [-0.3, -0.25) is 10.3 Å². The van der Waals surface area contributed by atoms with Gasteiger partial charge in [-0.05, 0) is 62.4 Å². The molecule has 0 radical (unpaired) electrons. The number of hydrogen-bond acceptors (Lipinski definition) is 6. The summed E-state index contributed by atoms with van der Waals surface area (Å²) in [4.78, 5) is 17.3. The van der Waals surface area contributed by atoms with Crippen molar-refractivity contribution in [3.63, 3.8) is 0 Å². The van der Waals surface area contributed by atoms with Crippen molar-refractivity contribution in [2.45, 2.75) is 32.7 Å². The summed E-state index contributed by atoms with van der Waals surface area (Å²) < 4.78 is 15.1. The summed E-state index contributed by atoms with van der Waals surface area (Å²) in [5.74, 6) is 0.366. The summed E-state index contributed by atoms with van der Waals surface area (Å²) in [6, 6.07) is 18.9. The number of nitrogens with zero attached hydrogens (tertiary/aromatic N) is 5. The Kier molecular flexibility index (Phi) is 6.74. The lowest BCUT2D eigenvalue weighted by Crippen LogP contribution is -2.27. The maximum absolute atomic E-state index is 12.3. The van der Waals surface area contributed by atoms with Crippen LogP contribution in [-0.2, 0) is 16.5 Å². The zero-order chi connectivity index (χ0) is 26.9. The number of aryl methyl sites for hydroxylation is 2. The number of hydrogen-bond donors (Lipinski definition) is 1. The molecule has 0 aliphatic carbocycles. The van der Waals surface area contributed by atoms with Crippen molar-refractivity contribution in [3.05, 3.63) is 72.1 Å². The molecule has 2 aromatic carbocycles. The van der Waals surface area contributed by atoms with Crippen LogP contribution in [0.4, 0.5) is 10.5 Å². The number of anilines is 1. The quantitative estimate of drug-likeness (QED) is 0.298. The summed E-state index contributed by atoms with van der Waals surface area (Å²) in [5.41, 5.74) is 7.60. The minimum Gasteiger partial charge on any atom is -0.450 e. The van der Waals surface area contributed by atoms with Crippen LogP contribution in [-0.4, -0.2) is 50.5 Å². The van der Waals surface area contributed by atoms with E-state index in [4.69, 9.17) is 14.5 Å². The molecular formula is C30H32N6O3. The fourth-order valence-electron chi connectivity index (χ4n) is 5.87. The van der Waals surface area contributed by atoms with E-state index in [9.17, 15) is 4.79 Å². The molecule has 9 heteroatoms. The Hall–Kier alpha value is -4.24. The van der Waals surface area contributed by atoms with Gasteiger partial charge in [0.2, 0.25) is 0 Å². The number of benzene rings is 2. The molecule has 200 valence electrons. The average molecular weight is 525 g/mol. The zero-order valence-corrected chi connectivity index (χ0v) is 22.4. The third-order valence-corrected chi connectivity index (χ3v) is 7.56. The van der Waals surface area contributed by atoms with Crippen LogP contribution in [0.15, 0.2) is 60.8 Å². The van der Waals surface area contributed by atoms with Crippen LogP contribution in [0.3, 0.4) is 0 Å². The maximum atomic E-state index is 12.3. The lowest BCUT2D eigenvalue weighted by atomic mass is 9.86. The molecule has 1 aliphatic rings. The Morgan fingerprint density at radius 3 is 2.64 bits per heavy atom. The fourth-order valence-corrected chi connectivity index (χ4v) is 5.87. The van der Waals surface area contributed by atoms with Gasteiger partial charge in [-0.15, -0.1) is 5.10 Å². The molecule has 5 aromatic rings. The number of carbonyl (C=O) groups is 1. The van der Waals surface area contributed by atoms with Crippen LogP contribution in [0, 0.1) is 12.8 Å². The van der Waals surface area contributed by atoms with Crippen molar-refractivity contribution in [3.8, 4) is 11.3 Å². The second-order valence-corrected chi connectivity index (χ2v) is 9.99. The number of aromatic nitrogens is 5. The molecule has 4 heterocycles. The molecule has 1 fully saturated rings. The van der Waals surface area contributed by atoms with Crippen LogP contribution in [0.5, 0.6) is 0 Å². The fraction of sp³-hybridized carbons (Fsp3) is 0.333. The van der Waals surface area contributed by atoms with Crippen LogP contribution in [0.25, 0.3) is 33.2 Å². The highest BCUT2D eigenvalue weighted by Gasteiger charge is 2.30. The third kappa shape index (κ3) is 4.63. The lowest BCUT2D eigenvalue weighted by Gasteiger charge is -2.33. The van der Waals surface area contributed by atoms with E-state index < -0.39 is 6.09 Å². The number of carbonyl (C=O) groups excluding carboxylic acids is 1. The van der Waals surface area contributed by atoms with Gasteiger partial charge in [0, 0.05) is 43.1 Å². The minimum absolute atomic E-state index is 0.0516. The van der Waals surface area contributed by atoms with Gasteiger partial charge < -0.3 is 14.0 Å². The van der Waals surface area contributed by atoms with Crippen LogP contribution >= 0.6 is 0 Å². The van der Waals surface area contributed by atoms with Crippen LogP contribution in [0.1, 0.15) is 37.1 Å². The first-order valence-corrected chi connectivity index (χ1v) is 13.4. The molecule has 6 rings (SSSR count). The molecule has 0 saturated carbocycles. The summed E-state index contributed by atoms with van der Waals surface area (Å²) in [6.07, 6.45) is 3.34. The molecular weight excluding hydrogens is 492 g/mol. The third-order valence-electron chi connectivity index (χ3n) is 7.56. The number of fused-ring (bicyclic) bond motifs is 3. The Morgan fingerprint density at radius 2 is 1.92 bits per heavy atom. The van der Waals surface area contributed by atoms with Crippen molar-refractivity contribution in [1.82, 2.24) is 24.5 Å². The predicted octanol–water partition coefficient (Wildman–Crippen LogP) is 5.88. The molecule has 1 N–H and O–H groups in total. The summed E-state index contributed by atoms with van der Waals surface area (Å²) in [5, 5.41) is 12.4. The summed E-state index contributed by atoms with van der Waals surface area (Å²) in [7, 11) is 1.90. The molecule has 9 nitrogen and oxygen atoms in total. The molecule has 0 spiro atoms. The highest BCUT2D eigenvalue weighted by atomic mass is 16.5. The van der Waals surface area contributed by atoms with Gasteiger partial charge in [0.05, 0.1) is 40.6 Å². The van der Waals surface area contributed by atoms with E-state index >= 15 is 0 Å². The highest BCUT2D eigenvalue weighted by Crippen LogP contribution is 2.41. The maximum Gasteiger partial charge on any atom is 0.411 e. The first-order valence-electron chi connectivity index (χ1n) is 13.4. The monoisotopic (exact) mass is 524 g/mol. The Bertz CT molecular complexity index is 1620. The Balaban J connectivity index is 1.63. The van der Waals surface area contributed by atoms with Crippen molar-refractivity contribution in [2.75, 3.05) is 25.1 Å². The number of pyridine rings is 1. The van der Waals surface area contributed by atoms with Crippen molar-refractivity contribution >= 4 is 33.7 Å². The van der Waals surface area contributed by atoms with E-state index in [0.717, 1.165) is 64.9 Å². The SMILES string of the molecule is CCOC(=O)Nc1ccc2c3ncc(-c4c(C)nnn4C)cc3n(C(c3ccccc3)C3CCOCC3)c2c1. The first kappa shape index (κ1) is 25.1. The van der Waals surface area contributed by atoms with Crippen molar-refractivity contribution in [2.24, 2.45) is 13.0 Å². The Labute approximate surface area is 226 Å².